The Kier molecular flexibility index (Phi) is 40.9. The fourth-order valence-corrected chi connectivity index (χ4v) is 21.4. The van der Waals surface area contributed by atoms with Gasteiger partial charge in [-0.25, -0.2) is 4.79 Å². The number of fused-ring (bicyclic) bond motifs is 4. The Morgan fingerprint density at radius 3 is 1.21 bits per heavy atom. The molecule has 13 rings (SSSR count). The molecule has 790 valence electrons. The van der Waals surface area contributed by atoms with E-state index in [4.69, 9.17) is 160 Å². The molecule has 0 aromatic heterocycles. The summed E-state index contributed by atoms with van der Waals surface area (Å²) in [6.07, 6.45) is -36.4. The van der Waals surface area contributed by atoms with Gasteiger partial charge in [0.25, 0.3) is 0 Å². The van der Waals surface area contributed by atoms with Gasteiger partial charge in [0.15, 0.2) is 53.6 Å². The van der Waals surface area contributed by atoms with E-state index >= 15 is 0 Å². The average Bonchev–Trinajstić information content (AvgIpc) is 1.52. The molecule has 2 amide bonds. The summed E-state index contributed by atoms with van der Waals surface area (Å²) in [5.41, 5.74) is 75.9. The number of hydrogen-bond acceptors (Lipinski definition) is 47. The summed E-state index contributed by atoms with van der Waals surface area (Å²) >= 11 is 14.2. The topological polar surface area (TPSA) is 834 Å². The van der Waals surface area contributed by atoms with Crippen molar-refractivity contribution in [1.82, 2.24) is 31.5 Å². The number of anilines is 1. The molecule has 2 aliphatic carbocycles. The van der Waals surface area contributed by atoms with Gasteiger partial charge in [0.1, 0.15) is 145 Å². The number of nitrogens with zero attached hydrogens (tertiary/aromatic N) is 1. The summed E-state index contributed by atoms with van der Waals surface area (Å²) in [4.78, 5) is 29.5. The summed E-state index contributed by atoms with van der Waals surface area (Å²) in [6.45, 7) is 3.21. The molecule has 10 aliphatic rings. The quantitative estimate of drug-likeness (QED) is 0.0142. The van der Waals surface area contributed by atoms with Crippen LogP contribution in [0.2, 0.25) is 0 Å². The number of nitrogens with two attached hydrogens (primary N) is 12. The minimum atomic E-state index is -1.66. The van der Waals surface area contributed by atoms with Crippen LogP contribution in [0.1, 0.15) is 80.4 Å². The van der Waals surface area contributed by atoms with Crippen molar-refractivity contribution in [3.05, 3.63) is 77.4 Å². The molecule has 2 saturated carbocycles. The predicted octanol–water partition coefficient (Wildman–Crippen LogP) is -10.4. The number of carbonyl (C=O) groups excluding carboxylic acids is 2. The van der Waals surface area contributed by atoms with E-state index in [2.05, 4.69) is 36.8 Å². The Hall–Kier alpha value is -5.60. The number of hydrogen-bond donors (Lipinski definition) is 32. The number of amides is 2. The number of carbonyl (C=O) groups is 2. The first-order chi connectivity index (χ1) is 67.0. The summed E-state index contributed by atoms with van der Waals surface area (Å²) in [6, 6.07) is 7.19. The summed E-state index contributed by atoms with van der Waals surface area (Å²) in [5.74, 6) is 0.460. The summed E-state index contributed by atoms with van der Waals surface area (Å²) < 4.78 is 86.3. The number of thioether (sulfide) groups is 2. The van der Waals surface area contributed by atoms with E-state index in [1.807, 2.05) is 24.3 Å². The standard InChI is InChI=1S/C87H143N19O30S4/c88-30-49-61(111)65(115)55(96)78(124-49)130-71-45(94)27-43(92)59(109)75(71)134-82-69(119)73(132-80-57(98)67(117)63(113)51(32-90)126-80)53(128-82)34-139-23-18-101-84(122)100-15-3-5-21-106(20-4-1-2-16-103-86(138)105-37-9-7-36(8-10-37)40-29-87(136-77(40)121)41-13-11-38(107)25-47(41)123-48-26-39(108)12-14-42(48)87)22-6-17-102-85(137)104-19-24-140-35-54-74(133-81-58(99)68(118)64(114)52(33-91)127-81)70(120)83(129-54)135-76-60(110)44(93)28-46(95)72(76)131-79-56(97)66(116)62(112)50(31-89)125-79/h7-14,25-26,40,43-46,49-76,78-83,107-120H,1-6,15-24,27-35,88-99H2,(H2,100,101,122)(H2,102,104,137)(H2,103,105,138)/t40?,43-,44-,45?,46?,49?,50?,51+,52+,53-,54-,55?,56?,57?,58?,59?,60?,61-,62-,63-,64-,65-,66-,67?,68?,69+,70+,71-,72-,73+,74+,75-,76-,78+,79+,80-,81-,82?,83?/m1/s1. The van der Waals surface area contributed by atoms with Gasteiger partial charge in [-0.1, -0.05) is 18.6 Å². The highest BCUT2D eigenvalue weighted by molar-refractivity contribution is 7.99. The molecule has 49 nitrogen and oxygen atoms in total. The van der Waals surface area contributed by atoms with Crippen LogP contribution in [-0.4, -0.2) is 433 Å². The first-order valence-electron chi connectivity index (χ1n) is 47.5. The lowest BCUT2D eigenvalue weighted by molar-refractivity contribution is -0.306. The zero-order chi connectivity index (χ0) is 101. The Morgan fingerprint density at radius 2 is 0.771 bits per heavy atom. The Labute approximate surface area is 828 Å². The third-order valence-electron chi connectivity index (χ3n) is 27.2. The predicted molar refractivity (Wildman–Crippen MR) is 513 cm³/mol. The number of rotatable bonds is 43. The summed E-state index contributed by atoms with van der Waals surface area (Å²) in [7, 11) is 0. The molecule has 3 aromatic carbocycles. The molecule has 0 radical (unpaired) electrons. The molecule has 53 heteroatoms. The van der Waals surface area contributed by atoms with Gasteiger partial charge in [-0.3, -0.25) is 4.79 Å². The van der Waals surface area contributed by atoms with Crippen LogP contribution in [-0.2, 0) is 72.0 Å². The Bertz CT molecular complexity index is 4380. The zero-order valence-corrected chi connectivity index (χ0v) is 80.5. The fourth-order valence-electron chi connectivity index (χ4n) is 19.1. The second-order valence-corrected chi connectivity index (χ2v) is 40.2. The van der Waals surface area contributed by atoms with Crippen LogP contribution in [0.5, 0.6) is 23.0 Å². The monoisotopic (exact) mass is 2060 g/mol. The number of unbranched alkanes of at least 4 members (excludes halogenated alkanes) is 3. The lowest BCUT2D eigenvalue weighted by atomic mass is 9.77. The van der Waals surface area contributed by atoms with Crippen molar-refractivity contribution >= 4 is 75.9 Å². The molecular weight excluding hydrogens is 1920 g/mol. The maximum atomic E-state index is 13.8. The van der Waals surface area contributed by atoms with Gasteiger partial charge in [-0.15, -0.1) is 0 Å². The van der Waals surface area contributed by atoms with Gasteiger partial charge in [0.05, 0.1) is 54.5 Å². The Balaban J connectivity index is 0.584. The van der Waals surface area contributed by atoms with E-state index in [9.17, 15) is 81.1 Å². The number of aliphatic hydroxyl groups is 12. The van der Waals surface area contributed by atoms with Crippen LogP contribution in [0.15, 0.2) is 60.7 Å². The Morgan fingerprint density at radius 1 is 0.407 bits per heavy atom. The van der Waals surface area contributed by atoms with E-state index < -0.39 is 256 Å². The highest BCUT2D eigenvalue weighted by Crippen LogP contribution is 2.58. The molecule has 1 spiro atoms. The van der Waals surface area contributed by atoms with Crippen LogP contribution < -0.4 is 105 Å². The van der Waals surface area contributed by atoms with Gasteiger partial charge in [0.2, 0.25) is 0 Å². The van der Waals surface area contributed by atoms with E-state index in [1.165, 1.54) is 47.8 Å². The molecule has 8 aliphatic heterocycles. The lowest BCUT2D eigenvalue weighted by Gasteiger charge is -2.47. The summed E-state index contributed by atoms with van der Waals surface area (Å²) in [5, 5.41) is 173. The van der Waals surface area contributed by atoms with Crippen molar-refractivity contribution in [2.24, 2.45) is 68.8 Å². The fraction of sp³-hybridized carbons (Fsp3) is 0.747. The van der Waals surface area contributed by atoms with Gasteiger partial charge < -0.3 is 243 Å². The first-order valence-corrected chi connectivity index (χ1v) is 50.6. The third kappa shape index (κ3) is 26.7. The van der Waals surface area contributed by atoms with Crippen molar-refractivity contribution in [3.63, 3.8) is 0 Å². The van der Waals surface area contributed by atoms with Gasteiger partial charge in [-0.05, 0) is 131 Å². The van der Waals surface area contributed by atoms with Crippen LogP contribution in [0.3, 0.4) is 0 Å². The van der Waals surface area contributed by atoms with Crippen molar-refractivity contribution in [1.29, 1.82) is 0 Å². The number of aliphatic hydroxyl groups excluding tert-OH is 12. The number of nitrogens with one attached hydrogen (secondary N) is 6. The number of phenolic OH excluding ortho intramolecular Hbond substituents is 2. The number of benzene rings is 3. The minimum absolute atomic E-state index is 0.0262. The molecule has 44 N–H and O–H groups in total. The van der Waals surface area contributed by atoms with E-state index in [0.717, 1.165) is 37.8 Å². The number of esters is 1. The molecule has 8 heterocycles. The highest BCUT2D eigenvalue weighted by atomic mass is 32.2. The largest absolute Gasteiger partial charge is 0.508 e. The number of phenols is 2. The van der Waals surface area contributed by atoms with Crippen molar-refractivity contribution in [2.45, 2.75) is 302 Å². The maximum absolute atomic E-state index is 13.8. The lowest BCUT2D eigenvalue weighted by Crippen LogP contribution is -2.68. The molecule has 9 fully saturated rings. The van der Waals surface area contributed by atoms with Crippen LogP contribution in [0.4, 0.5) is 10.5 Å². The van der Waals surface area contributed by atoms with Crippen molar-refractivity contribution in [2.75, 3.05) is 107 Å². The second-order valence-electron chi connectivity index (χ2n) is 37.1. The van der Waals surface area contributed by atoms with Gasteiger partial charge >= 0.3 is 12.0 Å². The third-order valence-corrected chi connectivity index (χ3v) is 29.9. The maximum Gasteiger partial charge on any atom is 0.314 e. The van der Waals surface area contributed by atoms with Crippen LogP contribution in [0, 0.1) is 0 Å². The molecule has 39 atom stereocenters. The second kappa shape index (κ2) is 51.4. The van der Waals surface area contributed by atoms with Crippen molar-refractivity contribution < 1.29 is 147 Å². The number of ether oxygens (including phenoxy) is 14. The highest BCUT2D eigenvalue weighted by Gasteiger charge is 2.60. The average molecular weight is 2060 g/mol. The van der Waals surface area contributed by atoms with E-state index in [0.29, 0.717) is 102 Å². The van der Waals surface area contributed by atoms with Gasteiger partial charge in [0, 0.05) is 141 Å². The SMILES string of the molecule is NCC1O[C@@H](O[C@@H]2C(N)C[C@@H](N)C(O)[C@H]2OC2O[C@H](CSCCNC(=O)NCCCCN(CCCCCNC(=S)Nc3ccc(C4CC5(OC4=O)c4ccc(O)cc4Oc4cc(O)ccc45)cc3)CCCNC(=S)NCCSC[C@H]3OC(O[C@@H]4C(O)[C@H](N)CC(N)[C@H]4O[C@@H]4OC(CN)[C@@H](O)[C@H](O)C4N)[C@@H](O)[C@H]3O[C@H]3O[C@@H](CN)[C@@H](O)C(O)C3N)[C@H](O[C@H]3O[C@@H](CN)[C@@H](O)C(O)C3N)[C@@H]2O)C(N)[C@@H](O)[C@@H]1O. The smallest absolute Gasteiger partial charge is 0.314 e. The number of thiocarbonyl (C=S) groups is 2. The van der Waals surface area contributed by atoms with Crippen LogP contribution >= 0.6 is 48.0 Å². The molecule has 140 heavy (non-hydrogen) atoms. The van der Waals surface area contributed by atoms with Crippen LogP contribution in [0.25, 0.3) is 0 Å². The molecule has 0 bridgehead atoms. The van der Waals surface area contributed by atoms with E-state index in [-0.39, 0.29) is 75.0 Å². The normalized spacial score (nSPS) is 38.5. The minimum Gasteiger partial charge on any atom is -0.508 e. The zero-order valence-electron chi connectivity index (χ0n) is 77.3. The van der Waals surface area contributed by atoms with Crippen molar-refractivity contribution in [3.8, 4) is 23.0 Å². The van der Waals surface area contributed by atoms with Gasteiger partial charge in [-0.2, -0.15) is 23.5 Å². The number of aromatic hydroxyl groups is 2. The molecular formula is C87H143N19O30S4. The molecule has 3 aromatic rings. The van der Waals surface area contributed by atoms with E-state index in [1.54, 1.807) is 12.1 Å². The molecule has 7 saturated heterocycles. The number of urea groups is 1. The molecule has 15 unspecified atom stereocenters. The first kappa shape index (κ1) is 112.